The van der Waals surface area contributed by atoms with Gasteiger partial charge in [-0.1, -0.05) is 48.5 Å². The number of aryl methyl sites for hydroxylation is 1. The lowest BCUT2D eigenvalue weighted by Gasteiger charge is -2.18. The van der Waals surface area contributed by atoms with Crippen molar-refractivity contribution in [3.8, 4) is 17.2 Å². The highest BCUT2D eigenvalue weighted by Crippen LogP contribution is 2.30. The Morgan fingerprint density at radius 1 is 0.906 bits per heavy atom. The van der Waals surface area contributed by atoms with E-state index in [1.165, 1.54) is 16.7 Å². The average molecular weight is 424 g/mol. The van der Waals surface area contributed by atoms with Gasteiger partial charge in [-0.25, -0.2) is 0 Å². The van der Waals surface area contributed by atoms with E-state index >= 15 is 0 Å². The van der Waals surface area contributed by atoms with E-state index in [0.29, 0.717) is 12.1 Å². The maximum absolute atomic E-state index is 9.07. The molecule has 0 bridgehead atoms. The topological polar surface area (TPSA) is 47.8 Å². The molecule has 164 valence electrons. The van der Waals surface area contributed by atoms with Crippen LogP contribution in [0.1, 0.15) is 23.6 Å². The highest BCUT2D eigenvalue weighted by atomic mass is 14.9. The van der Waals surface area contributed by atoms with Crippen molar-refractivity contribution in [2.45, 2.75) is 13.8 Å². The van der Waals surface area contributed by atoms with Crippen LogP contribution < -0.4 is 10.6 Å². The first-order valence-corrected chi connectivity index (χ1v) is 10.4. The van der Waals surface area contributed by atoms with Crippen LogP contribution in [0.5, 0.6) is 0 Å². The molecule has 3 nitrogen and oxygen atoms in total. The summed E-state index contributed by atoms with van der Waals surface area (Å²) < 4.78 is 0. The van der Waals surface area contributed by atoms with E-state index in [1.807, 2.05) is 31.3 Å². The summed E-state index contributed by atoms with van der Waals surface area (Å²) in [6.45, 7) is 16.9. The molecule has 0 aliphatic carbocycles. The fourth-order valence-corrected chi connectivity index (χ4v) is 3.25. The van der Waals surface area contributed by atoms with Gasteiger partial charge in [-0.05, 0) is 65.9 Å². The normalized spacial score (nSPS) is 10.2. The maximum Gasteiger partial charge on any atom is 0.0991 e. The van der Waals surface area contributed by atoms with E-state index in [4.69, 9.17) is 5.26 Å². The summed E-state index contributed by atoms with van der Waals surface area (Å²) >= 11 is 0. The van der Waals surface area contributed by atoms with Gasteiger partial charge in [0.2, 0.25) is 0 Å². The quantitative estimate of drug-likeness (QED) is 0.412. The molecule has 0 unspecified atom stereocenters. The van der Waals surface area contributed by atoms with Crippen molar-refractivity contribution in [1.29, 1.82) is 5.26 Å². The van der Waals surface area contributed by atoms with Gasteiger partial charge in [0.25, 0.3) is 0 Å². The maximum atomic E-state index is 9.07. The Hall–Kier alpha value is -4.03. The van der Waals surface area contributed by atoms with Crippen LogP contribution in [0.4, 0.5) is 5.69 Å². The Labute approximate surface area is 193 Å². The van der Waals surface area contributed by atoms with Crippen molar-refractivity contribution in [2.24, 2.45) is 0 Å². The Balaban J connectivity index is 0.00000121. The summed E-state index contributed by atoms with van der Waals surface area (Å²) in [5, 5.41) is 15.9. The summed E-state index contributed by atoms with van der Waals surface area (Å²) in [4.78, 5) is 0. The minimum Gasteiger partial charge on any atom is -0.391 e. The number of allylic oxidation sites excluding steroid dienone is 1. The molecule has 0 fully saturated rings. The third kappa shape index (κ3) is 7.04. The van der Waals surface area contributed by atoms with Crippen molar-refractivity contribution < 1.29 is 0 Å². The summed E-state index contributed by atoms with van der Waals surface area (Å²) in [5.74, 6) is 0. The number of nitriles is 1. The van der Waals surface area contributed by atoms with Gasteiger partial charge in [-0.15, -0.1) is 26.3 Å². The van der Waals surface area contributed by atoms with Crippen molar-refractivity contribution >= 4 is 11.3 Å². The highest BCUT2D eigenvalue weighted by Gasteiger charge is 2.12. The third-order valence-corrected chi connectivity index (χ3v) is 4.89. The second-order valence-corrected chi connectivity index (χ2v) is 6.81. The van der Waals surface area contributed by atoms with E-state index in [9.17, 15) is 0 Å². The summed E-state index contributed by atoms with van der Waals surface area (Å²) in [6, 6.07) is 26.8. The van der Waals surface area contributed by atoms with Crippen LogP contribution in [0.15, 0.2) is 105 Å². The first-order valence-electron chi connectivity index (χ1n) is 10.4. The number of benzene rings is 3. The molecule has 0 aliphatic rings. The predicted octanol–water partition coefficient (Wildman–Crippen LogP) is 7.20. The molecule has 3 heteroatoms. The molecule has 0 saturated carbocycles. The van der Waals surface area contributed by atoms with E-state index < -0.39 is 0 Å². The minimum absolute atomic E-state index is 0.671. The molecule has 3 aromatic rings. The van der Waals surface area contributed by atoms with Crippen molar-refractivity contribution in [1.82, 2.24) is 5.32 Å². The van der Waals surface area contributed by atoms with E-state index in [0.717, 1.165) is 22.5 Å². The molecule has 2 N–H and O–H groups in total. The summed E-state index contributed by atoms with van der Waals surface area (Å²) in [7, 11) is 1.95. The fraction of sp³-hybridized carbons (Fsp3) is 0.138. The highest BCUT2D eigenvalue weighted by molar-refractivity contribution is 5.84. The number of anilines is 1. The van der Waals surface area contributed by atoms with Gasteiger partial charge in [0.15, 0.2) is 0 Å². The molecular formula is C29H33N3. The van der Waals surface area contributed by atoms with E-state index in [2.05, 4.69) is 105 Å². The van der Waals surface area contributed by atoms with E-state index in [1.54, 1.807) is 0 Å². The van der Waals surface area contributed by atoms with Gasteiger partial charge in [0.1, 0.15) is 0 Å². The first-order chi connectivity index (χ1) is 15.6. The van der Waals surface area contributed by atoms with Crippen LogP contribution >= 0.6 is 0 Å². The second kappa shape index (κ2) is 14.1. The van der Waals surface area contributed by atoms with Crippen LogP contribution in [0.25, 0.3) is 16.7 Å². The van der Waals surface area contributed by atoms with Crippen LogP contribution in [0.2, 0.25) is 0 Å². The fourth-order valence-electron chi connectivity index (χ4n) is 3.25. The average Bonchev–Trinajstić information content (AvgIpc) is 2.87. The smallest absolute Gasteiger partial charge is 0.0991 e. The lowest BCUT2D eigenvalue weighted by Crippen LogP contribution is -2.13. The molecule has 0 amide bonds. The Morgan fingerprint density at radius 3 is 2.16 bits per heavy atom. The van der Waals surface area contributed by atoms with E-state index in [-0.39, 0.29) is 0 Å². The van der Waals surface area contributed by atoms with Gasteiger partial charge in [0, 0.05) is 25.0 Å². The molecular weight excluding hydrogens is 390 g/mol. The summed E-state index contributed by atoms with van der Waals surface area (Å²) in [5.41, 5.74) is 8.79. The Morgan fingerprint density at radius 2 is 1.56 bits per heavy atom. The van der Waals surface area contributed by atoms with Crippen molar-refractivity contribution in [2.75, 3.05) is 18.9 Å². The Kier molecular flexibility index (Phi) is 11.4. The minimum atomic E-state index is 0.671. The SMILES string of the molecule is C=C.C=C.CN/C(C)=C(\CNc1cccc(C)c1)c1ccccc1-c1ccc(C#N)cc1. The molecule has 0 atom stereocenters. The third-order valence-electron chi connectivity index (χ3n) is 4.89. The second-order valence-electron chi connectivity index (χ2n) is 6.81. The molecule has 0 saturated heterocycles. The molecule has 32 heavy (non-hydrogen) atoms. The monoisotopic (exact) mass is 423 g/mol. The molecule has 0 heterocycles. The number of nitrogens with zero attached hydrogens (tertiary/aromatic N) is 1. The van der Waals surface area contributed by atoms with Gasteiger partial charge in [0.05, 0.1) is 11.6 Å². The van der Waals surface area contributed by atoms with Crippen LogP contribution in [0.3, 0.4) is 0 Å². The van der Waals surface area contributed by atoms with Crippen LogP contribution in [-0.2, 0) is 0 Å². The molecule has 0 aliphatic heterocycles. The van der Waals surface area contributed by atoms with Crippen molar-refractivity contribution in [3.05, 3.63) is 121 Å². The zero-order valence-corrected chi connectivity index (χ0v) is 19.4. The number of hydrogen-bond acceptors (Lipinski definition) is 3. The lowest BCUT2D eigenvalue weighted by molar-refractivity contribution is 0.986. The van der Waals surface area contributed by atoms with Gasteiger partial charge < -0.3 is 10.6 Å². The standard InChI is InChI=1S/C25H25N3.2C2H4/c1-18-7-6-8-22(15-18)28-17-25(19(2)27-3)24-10-5-4-9-23(24)21-13-11-20(16-26)12-14-21;2*1-2/h4-15,27-28H,17H2,1-3H3;2*1-2H2/b25-19+;;. The van der Waals surface area contributed by atoms with Crippen LogP contribution in [0, 0.1) is 18.3 Å². The zero-order chi connectivity index (χ0) is 23.9. The first kappa shape index (κ1) is 26.0. The number of hydrogen-bond donors (Lipinski definition) is 2. The molecule has 3 aromatic carbocycles. The molecule has 3 rings (SSSR count). The number of rotatable bonds is 6. The van der Waals surface area contributed by atoms with Gasteiger partial charge in [-0.2, -0.15) is 5.26 Å². The number of nitrogens with one attached hydrogen (secondary N) is 2. The van der Waals surface area contributed by atoms with Gasteiger partial charge >= 0.3 is 0 Å². The molecule has 0 radical (unpaired) electrons. The van der Waals surface area contributed by atoms with Gasteiger partial charge in [-0.3, -0.25) is 0 Å². The predicted molar refractivity (Wildman–Crippen MR) is 140 cm³/mol. The largest absolute Gasteiger partial charge is 0.391 e. The lowest BCUT2D eigenvalue weighted by atomic mass is 9.93. The summed E-state index contributed by atoms with van der Waals surface area (Å²) in [6.07, 6.45) is 0. The van der Waals surface area contributed by atoms with Crippen molar-refractivity contribution in [3.63, 3.8) is 0 Å². The zero-order valence-electron chi connectivity index (χ0n) is 19.4. The molecule has 0 aromatic heterocycles. The Bertz CT molecular complexity index is 1050. The van der Waals surface area contributed by atoms with Crippen LogP contribution in [-0.4, -0.2) is 13.6 Å². The molecule has 0 spiro atoms.